The topological polar surface area (TPSA) is 61.4 Å². The summed E-state index contributed by atoms with van der Waals surface area (Å²) in [6.07, 6.45) is 6.67. The van der Waals surface area contributed by atoms with Crippen molar-refractivity contribution >= 4 is 11.9 Å². The number of likely N-dealkylation sites (tertiary alicyclic amines) is 1. The predicted octanol–water partition coefficient (Wildman–Crippen LogP) is 2.63. The second kappa shape index (κ2) is 8.29. The SMILES string of the molecule is O=C(CN1CC[C@H](c2ccccc2)C1)NC(=O)NC1CCCCC1. The molecule has 5 nitrogen and oxygen atoms in total. The molecule has 3 rings (SSSR count). The Balaban J connectivity index is 1.40. The van der Waals surface area contributed by atoms with Gasteiger partial charge in [-0.3, -0.25) is 15.0 Å². The van der Waals surface area contributed by atoms with Gasteiger partial charge in [-0.05, 0) is 37.3 Å². The first-order chi connectivity index (χ1) is 11.7. The molecule has 0 aromatic heterocycles. The third-order valence-electron chi connectivity index (χ3n) is 5.10. The summed E-state index contributed by atoms with van der Waals surface area (Å²) in [6, 6.07) is 10.3. The summed E-state index contributed by atoms with van der Waals surface area (Å²) in [6.45, 7) is 2.07. The van der Waals surface area contributed by atoms with E-state index in [9.17, 15) is 9.59 Å². The average molecular weight is 329 g/mol. The molecule has 2 fully saturated rings. The van der Waals surface area contributed by atoms with Gasteiger partial charge in [-0.2, -0.15) is 0 Å². The van der Waals surface area contributed by atoms with E-state index >= 15 is 0 Å². The highest BCUT2D eigenvalue weighted by molar-refractivity contribution is 5.95. The van der Waals surface area contributed by atoms with Crippen LogP contribution in [-0.4, -0.2) is 42.5 Å². The second-order valence-electron chi connectivity index (χ2n) is 6.99. The summed E-state index contributed by atoms with van der Waals surface area (Å²) in [5.41, 5.74) is 1.33. The molecule has 2 aliphatic rings. The summed E-state index contributed by atoms with van der Waals surface area (Å²) in [4.78, 5) is 26.1. The minimum Gasteiger partial charge on any atom is -0.335 e. The van der Waals surface area contributed by atoms with E-state index in [1.165, 1.54) is 12.0 Å². The molecule has 1 aromatic rings. The number of benzene rings is 1. The van der Waals surface area contributed by atoms with Crippen molar-refractivity contribution in [2.24, 2.45) is 0 Å². The molecule has 3 amide bonds. The van der Waals surface area contributed by atoms with Crippen molar-refractivity contribution in [3.05, 3.63) is 35.9 Å². The van der Waals surface area contributed by atoms with Crippen molar-refractivity contribution in [1.29, 1.82) is 0 Å². The minimum atomic E-state index is -0.342. The van der Waals surface area contributed by atoms with Gasteiger partial charge in [0.2, 0.25) is 5.91 Å². The van der Waals surface area contributed by atoms with E-state index in [0.29, 0.717) is 12.5 Å². The number of nitrogens with zero attached hydrogens (tertiary/aromatic N) is 1. The molecule has 2 N–H and O–H groups in total. The first-order valence-electron chi connectivity index (χ1n) is 9.08. The number of hydrogen-bond acceptors (Lipinski definition) is 3. The lowest BCUT2D eigenvalue weighted by atomic mass is 9.96. The summed E-state index contributed by atoms with van der Waals surface area (Å²) in [5.74, 6) is 0.270. The van der Waals surface area contributed by atoms with Gasteiger partial charge < -0.3 is 5.32 Å². The zero-order valence-corrected chi connectivity index (χ0v) is 14.2. The maximum absolute atomic E-state index is 12.1. The van der Waals surface area contributed by atoms with E-state index in [0.717, 1.165) is 45.2 Å². The normalized spacial score (nSPS) is 22.2. The van der Waals surface area contributed by atoms with Crippen LogP contribution in [0.2, 0.25) is 0 Å². The number of urea groups is 1. The Labute approximate surface area is 143 Å². The van der Waals surface area contributed by atoms with E-state index in [-0.39, 0.29) is 18.0 Å². The highest BCUT2D eigenvalue weighted by Crippen LogP contribution is 2.26. The fourth-order valence-corrected chi connectivity index (χ4v) is 3.81. The first-order valence-corrected chi connectivity index (χ1v) is 9.08. The first kappa shape index (κ1) is 17.0. The van der Waals surface area contributed by atoms with Gasteiger partial charge in [0.1, 0.15) is 0 Å². The smallest absolute Gasteiger partial charge is 0.321 e. The quantitative estimate of drug-likeness (QED) is 0.893. The van der Waals surface area contributed by atoms with Crippen LogP contribution < -0.4 is 10.6 Å². The van der Waals surface area contributed by atoms with Gasteiger partial charge in [0.15, 0.2) is 0 Å². The molecule has 5 heteroatoms. The molecular formula is C19H27N3O2. The average Bonchev–Trinajstić information content (AvgIpc) is 3.04. The molecule has 0 unspecified atom stereocenters. The molecule has 0 radical (unpaired) electrons. The molecule has 24 heavy (non-hydrogen) atoms. The van der Waals surface area contributed by atoms with E-state index in [4.69, 9.17) is 0 Å². The molecule has 1 saturated heterocycles. The van der Waals surface area contributed by atoms with E-state index in [1.54, 1.807) is 0 Å². The minimum absolute atomic E-state index is 0.211. The van der Waals surface area contributed by atoms with Crippen molar-refractivity contribution in [1.82, 2.24) is 15.5 Å². The molecule has 130 valence electrons. The molecule has 1 aliphatic carbocycles. The summed E-state index contributed by atoms with van der Waals surface area (Å²) in [5, 5.41) is 5.40. The summed E-state index contributed by atoms with van der Waals surface area (Å²) in [7, 11) is 0. The van der Waals surface area contributed by atoms with Gasteiger partial charge in [-0.15, -0.1) is 0 Å². The van der Waals surface area contributed by atoms with Crippen LogP contribution in [-0.2, 0) is 4.79 Å². The number of carbonyl (C=O) groups is 2. The molecule has 1 saturated carbocycles. The van der Waals surface area contributed by atoms with Gasteiger partial charge in [0.05, 0.1) is 6.54 Å². The van der Waals surface area contributed by atoms with Crippen molar-refractivity contribution in [2.45, 2.75) is 50.5 Å². The maximum atomic E-state index is 12.1. The van der Waals surface area contributed by atoms with Gasteiger partial charge in [-0.25, -0.2) is 4.79 Å². The van der Waals surface area contributed by atoms with Gasteiger partial charge in [0, 0.05) is 12.6 Å². The van der Waals surface area contributed by atoms with Gasteiger partial charge in [0.25, 0.3) is 0 Å². The van der Waals surface area contributed by atoms with E-state index < -0.39 is 0 Å². The lowest BCUT2D eigenvalue weighted by Crippen LogP contribution is -2.47. The van der Waals surface area contributed by atoms with Crippen molar-refractivity contribution in [2.75, 3.05) is 19.6 Å². The predicted molar refractivity (Wildman–Crippen MR) is 93.8 cm³/mol. The number of imide groups is 1. The van der Waals surface area contributed by atoms with Crippen molar-refractivity contribution in [3.8, 4) is 0 Å². The van der Waals surface area contributed by atoms with Crippen LogP contribution >= 0.6 is 0 Å². The third-order valence-corrected chi connectivity index (χ3v) is 5.10. The van der Waals surface area contributed by atoms with Crippen LogP contribution in [0.3, 0.4) is 0 Å². The molecule has 1 heterocycles. The number of hydrogen-bond donors (Lipinski definition) is 2. The highest BCUT2D eigenvalue weighted by Gasteiger charge is 2.25. The zero-order valence-electron chi connectivity index (χ0n) is 14.2. The standard InChI is InChI=1S/C19H27N3O2/c23-18(21-19(24)20-17-9-5-2-6-10-17)14-22-12-11-16(13-22)15-7-3-1-4-8-15/h1,3-4,7-8,16-17H,2,5-6,9-14H2,(H2,20,21,23,24)/t16-/m0/s1. The number of carbonyl (C=O) groups excluding carboxylic acids is 2. The maximum Gasteiger partial charge on any atom is 0.321 e. The largest absolute Gasteiger partial charge is 0.335 e. The van der Waals surface area contributed by atoms with Gasteiger partial charge in [-0.1, -0.05) is 49.6 Å². The van der Waals surface area contributed by atoms with Crippen molar-refractivity contribution < 1.29 is 9.59 Å². The number of amides is 3. The number of nitrogens with one attached hydrogen (secondary N) is 2. The van der Waals surface area contributed by atoms with Crippen LogP contribution in [0.15, 0.2) is 30.3 Å². The Morgan fingerprint density at radius 3 is 2.54 bits per heavy atom. The lowest BCUT2D eigenvalue weighted by Gasteiger charge is -2.23. The van der Waals surface area contributed by atoms with Crippen LogP contribution in [0, 0.1) is 0 Å². The van der Waals surface area contributed by atoms with Crippen LogP contribution in [0.4, 0.5) is 4.79 Å². The Morgan fingerprint density at radius 1 is 1.04 bits per heavy atom. The Hall–Kier alpha value is -1.88. The molecule has 0 bridgehead atoms. The van der Waals surface area contributed by atoms with E-state index in [2.05, 4.69) is 39.8 Å². The lowest BCUT2D eigenvalue weighted by molar-refractivity contribution is -0.120. The van der Waals surface area contributed by atoms with Crippen LogP contribution in [0.5, 0.6) is 0 Å². The van der Waals surface area contributed by atoms with Crippen molar-refractivity contribution in [3.63, 3.8) is 0 Å². The van der Waals surface area contributed by atoms with Crippen LogP contribution in [0.25, 0.3) is 0 Å². The Kier molecular flexibility index (Phi) is 5.86. The summed E-state index contributed by atoms with van der Waals surface area (Å²) < 4.78 is 0. The zero-order chi connectivity index (χ0) is 16.8. The molecule has 0 spiro atoms. The third kappa shape index (κ3) is 4.81. The highest BCUT2D eigenvalue weighted by atomic mass is 16.2. The second-order valence-corrected chi connectivity index (χ2v) is 6.99. The molecule has 1 aromatic carbocycles. The monoisotopic (exact) mass is 329 g/mol. The molecule has 1 aliphatic heterocycles. The summed E-state index contributed by atoms with van der Waals surface area (Å²) >= 11 is 0. The Morgan fingerprint density at radius 2 is 1.79 bits per heavy atom. The van der Waals surface area contributed by atoms with Crippen LogP contribution in [0.1, 0.15) is 50.0 Å². The van der Waals surface area contributed by atoms with E-state index in [1.807, 2.05) is 6.07 Å². The molecule has 1 atom stereocenters. The fourth-order valence-electron chi connectivity index (χ4n) is 3.81. The fraction of sp³-hybridized carbons (Fsp3) is 0.579. The Bertz CT molecular complexity index is 555. The van der Waals surface area contributed by atoms with Gasteiger partial charge >= 0.3 is 6.03 Å². The molecular weight excluding hydrogens is 302 g/mol. The number of rotatable bonds is 4.